The molecule has 1 aromatic heterocycles. The van der Waals surface area contributed by atoms with Gasteiger partial charge in [-0.2, -0.15) is 0 Å². The average molecular weight is 255 g/mol. The number of nitrogens with one attached hydrogen (secondary N) is 1. The van der Waals surface area contributed by atoms with E-state index in [0.29, 0.717) is 10.8 Å². The lowest BCUT2D eigenvalue weighted by Gasteiger charge is -1.98. The molecule has 19 heavy (non-hydrogen) atoms. The third-order valence-corrected chi connectivity index (χ3v) is 3.01. The molecular formula is C14H9NO4. The van der Waals surface area contributed by atoms with Crippen molar-refractivity contribution in [3.8, 4) is 11.5 Å². The highest BCUT2D eigenvalue weighted by molar-refractivity contribution is 6.05. The summed E-state index contributed by atoms with van der Waals surface area (Å²) in [5, 5.41) is 20.4. The van der Waals surface area contributed by atoms with Crippen molar-refractivity contribution in [1.82, 2.24) is 4.98 Å². The molecule has 3 rings (SSSR count). The molecule has 3 aromatic rings. The second kappa shape index (κ2) is 3.84. The summed E-state index contributed by atoms with van der Waals surface area (Å²) in [6.45, 7) is 0. The van der Waals surface area contributed by atoms with Crippen LogP contribution in [0.5, 0.6) is 11.5 Å². The summed E-state index contributed by atoms with van der Waals surface area (Å²) < 4.78 is 0. The van der Waals surface area contributed by atoms with Gasteiger partial charge in [0.1, 0.15) is 11.5 Å². The number of hydrogen-bond acceptors (Lipinski definition) is 4. The molecule has 0 saturated heterocycles. The van der Waals surface area contributed by atoms with Gasteiger partial charge in [0.15, 0.2) is 0 Å². The number of fused-ring (bicyclic) bond motifs is 3. The van der Waals surface area contributed by atoms with Gasteiger partial charge in [-0.3, -0.25) is 14.6 Å². The zero-order valence-corrected chi connectivity index (χ0v) is 9.68. The van der Waals surface area contributed by atoms with Gasteiger partial charge >= 0.3 is 0 Å². The largest absolute Gasteiger partial charge is 0.508 e. The summed E-state index contributed by atoms with van der Waals surface area (Å²) in [7, 11) is 0. The summed E-state index contributed by atoms with van der Waals surface area (Å²) in [4.78, 5) is 26.0. The second-order valence-corrected chi connectivity index (χ2v) is 4.24. The van der Waals surface area contributed by atoms with Crippen LogP contribution in [0.2, 0.25) is 0 Å². The minimum atomic E-state index is -0.577. The van der Waals surface area contributed by atoms with Gasteiger partial charge in [-0.15, -0.1) is 0 Å². The van der Waals surface area contributed by atoms with E-state index in [9.17, 15) is 19.8 Å². The average Bonchev–Trinajstić information content (AvgIpc) is 2.47. The third-order valence-electron chi connectivity index (χ3n) is 3.01. The van der Waals surface area contributed by atoms with Crippen LogP contribution in [-0.2, 0) is 0 Å². The monoisotopic (exact) mass is 255 g/mol. The number of aromatic nitrogens is 1. The molecule has 0 bridgehead atoms. The molecule has 0 saturated carbocycles. The van der Waals surface area contributed by atoms with Gasteiger partial charge in [0, 0.05) is 0 Å². The molecule has 0 fully saturated rings. The Balaban J connectivity index is 2.75. The molecule has 3 N–H and O–H groups in total. The Labute approximate surface area is 106 Å². The van der Waals surface area contributed by atoms with E-state index >= 15 is 0 Å². The Morgan fingerprint density at radius 1 is 0.684 bits per heavy atom. The predicted octanol–water partition coefficient (Wildman–Crippen LogP) is 1.45. The van der Waals surface area contributed by atoms with Crippen LogP contribution in [0.4, 0.5) is 0 Å². The molecule has 0 radical (unpaired) electrons. The molecular weight excluding hydrogens is 246 g/mol. The van der Waals surface area contributed by atoms with E-state index in [0.717, 1.165) is 0 Å². The predicted molar refractivity (Wildman–Crippen MR) is 71.7 cm³/mol. The lowest BCUT2D eigenvalue weighted by Crippen LogP contribution is -2.13. The van der Waals surface area contributed by atoms with E-state index < -0.39 is 11.1 Å². The minimum absolute atomic E-state index is 0.0522. The first kappa shape index (κ1) is 11.3. The summed E-state index contributed by atoms with van der Waals surface area (Å²) in [5.74, 6) is -0.104. The summed E-state index contributed by atoms with van der Waals surface area (Å²) >= 11 is 0. The van der Waals surface area contributed by atoms with Gasteiger partial charge in [-0.05, 0) is 47.2 Å². The third kappa shape index (κ3) is 1.72. The number of H-pyrrole nitrogens is 1. The maximum absolute atomic E-state index is 11.9. The van der Waals surface area contributed by atoms with E-state index in [-0.39, 0.29) is 22.3 Å². The molecule has 94 valence electrons. The highest BCUT2D eigenvalue weighted by Gasteiger charge is 2.07. The van der Waals surface area contributed by atoms with Crippen LogP contribution < -0.4 is 11.1 Å². The number of aromatic amines is 1. The highest BCUT2D eigenvalue weighted by atomic mass is 16.3. The Morgan fingerprint density at radius 3 is 1.53 bits per heavy atom. The van der Waals surface area contributed by atoms with Gasteiger partial charge < -0.3 is 10.2 Å². The van der Waals surface area contributed by atoms with Crippen molar-refractivity contribution in [1.29, 1.82) is 0 Å². The topological polar surface area (TPSA) is 90.4 Å². The van der Waals surface area contributed by atoms with Crippen molar-refractivity contribution in [2.45, 2.75) is 0 Å². The SMILES string of the molecule is O=c1[nH]c(=O)c2cc(O)ccc2c2ccc(O)cc12. The van der Waals surface area contributed by atoms with Crippen LogP contribution in [0.1, 0.15) is 0 Å². The van der Waals surface area contributed by atoms with Crippen LogP contribution in [0.3, 0.4) is 0 Å². The molecule has 0 aliphatic heterocycles. The van der Waals surface area contributed by atoms with Gasteiger partial charge in [0.2, 0.25) is 0 Å². The van der Waals surface area contributed by atoms with E-state index in [2.05, 4.69) is 4.98 Å². The molecule has 5 heteroatoms. The number of benzene rings is 2. The fourth-order valence-corrected chi connectivity index (χ4v) is 2.15. The fourth-order valence-electron chi connectivity index (χ4n) is 2.15. The fraction of sp³-hybridized carbons (Fsp3) is 0. The van der Waals surface area contributed by atoms with Crippen molar-refractivity contribution in [3.05, 3.63) is 57.1 Å². The Morgan fingerprint density at radius 2 is 1.11 bits per heavy atom. The normalized spacial score (nSPS) is 10.9. The highest BCUT2D eigenvalue weighted by Crippen LogP contribution is 2.24. The van der Waals surface area contributed by atoms with Crippen LogP contribution in [0.25, 0.3) is 21.5 Å². The van der Waals surface area contributed by atoms with Gasteiger partial charge in [-0.25, -0.2) is 0 Å². The van der Waals surface area contributed by atoms with Crippen molar-refractivity contribution >= 4 is 21.5 Å². The lowest BCUT2D eigenvalue weighted by atomic mass is 10.1. The van der Waals surface area contributed by atoms with Crippen LogP contribution >= 0.6 is 0 Å². The zero-order valence-electron chi connectivity index (χ0n) is 9.68. The van der Waals surface area contributed by atoms with E-state index in [1.165, 1.54) is 24.3 Å². The van der Waals surface area contributed by atoms with Crippen LogP contribution in [0, 0.1) is 0 Å². The first-order valence-electron chi connectivity index (χ1n) is 5.58. The molecule has 1 heterocycles. The quantitative estimate of drug-likeness (QED) is 0.567. The molecule has 0 atom stereocenters. The number of hydrogen-bond donors (Lipinski definition) is 3. The molecule has 0 spiro atoms. The minimum Gasteiger partial charge on any atom is -0.508 e. The molecule has 5 nitrogen and oxygen atoms in total. The molecule has 2 aromatic carbocycles. The van der Waals surface area contributed by atoms with Gasteiger partial charge in [0.05, 0.1) is 10.8 Å². The van der Waals surface area contributed by atoms with E-state index in [4.69, 9.17) is 0 Å². The number of phenols is 2. The van der Waals surface area contributed by atoms with Crippen molar-refractivity contribution in [2.24, 2.45) is 0 Å². The van der Waals surface area contributed by atoms with Crippen LogP contribution in [-0.4, -0.2) is 15.2 Å². The lowest BCUT2D eigenvalue weighted by molar-refractivity contribution is 0.475. The maximum Gasteiger partial charge on any atom is 0.258 e. The van der Waals surface area contributed by atoms with Gasteiger partial charge in [0.25, 0.3) is 11.1 Å². The van der Waals surface area contributed by atoms with Crippen molar-refractivity contribution in [2.75, 3.05) is 0 Å². The van der Waals surface area contributed by atoms with Gasteiger partial charge in [-0.1, -0.05) is 0 Å². The van der Waals surface area contributed by atoms with E-state index in [1.54, 1.807) is 12.1 Å². The summed E-state index contributed by atoms with van der Waals surface area (Å²) in [5.41, 5.74) is -1.15. The van der Waals surface area contributed by atoms with E-state index in [1.807, 2.05) is 0 Å². The Kier molecular flexibility index (Phi) is 2.28. The first-order chi connectivity index (χ1) is 9.06. The molecule has 0 aliphatic rings. The smallest absolute Gasteiger partial charge is 0.258 e. The number of phenolic OH excluding ortho intramolecular Hbond substituents is 2. The zero-order chi connectivity index (χ0) is 13.6. The van der Waals surface area contributed by atoms with Crippen molar-refractivity contribution in [3.63, 3.8) is 0 Å². The second-order valence-electron chi connectivity index (χ2n) is 4.24. The Bertz CT molecular complexity index is 852. The van der Waals surface area contributed by atoms with Crippen LogP contribution in [0.15, 0.2) is 46.0 Å². The first-order valence-corrected chi connectivity index (χ1v) is 5.58. The summed E-state index contributed by atoms with van der Waals surface area (Å²) in [6, 6.07) is 8.63. The van der Waals surface area contributed by atoms with Crippen molar-refractivity contribution < 1.29 is 10.2 Å². The Hall–Kier alpha value is -2.82. The number of rotatable bonds is 0. The maximum atomic E-state index is 11.9. The summed E-state index contributed by atoms with van der Waals surface area (Å²) in [6.07, 6.45) is 0. The molecule has 0 amide bonds. The molecule has 0 aliphatic carbocycles. The molecule has 0 unspecified atom stereocenters. The number of aromatic hydroxyl groups is 2. The standard InChI is InChI=1S/C14H9NO4/c16-7-1-3-9-10-4-2-8(17)6-12(10)14(19)15-13(18)11(9)5-7/h1-6,16-17H,(H,15,18,19).